The number of morpholine rings is 1. The molecule has 0 bridgehead atoms. The summed E-state index contributed by atoms with van der Waals surface area (Å²) in [5.74, 6) is 0. The lowest BCUT2D eigenvalue weighted by molar-refractivity contribution is -0.0912. The maximum atomic E-state index is 12.1. The molecule has 0 spiro atoms. The summed E-state index contributed by atoms with van der Waals surface area (Å²) in [4.78, 5) is 13.9. The second kappa shape index (κ2) is 5.70. The maximum Gasteiger partial charge on any atom is 0.410 e. The zero-order chi connectivity index (χ0) is 14.8. The van der Waals surface area contributed by atoms with Crippen LogP contribution in [0.15, 0.2) is 0 Å². The van der Waals surface area contributed by atoms with Crippen molar-refractivity contribution in [1.82, 2.24) is 4.90 Å². The number of hydrogen-bond donors (Lipinski definition) is 0. The molecule has 4 nitrogen and oxygen atoms in total. The Balaban J connectivity index is 2.62. The van der Waals surface area contributed by atoms with Crippen LogP contribution in [0.4, 0.5) is 4.79 Å². The fourth-order valence-corrected chi connectivity index (χ4v) is 2.32. The summed E-state index contributed by atoms with van der Waals surface area (Å²) in [5.41, 5.74) is -0.251. The maximum absolute atomic E-state index is 12.1. The summed E-state index contributed by atoms with van der Waals surface area (Å²) in [7, 11) is 0. The number of rotatable bonds is 1. The topological polar surface area (TPSA) is 38.8 Å². The van der Waals surface area contributed by atoms with Gasteiger partial charge in [0.25, 0.3) is 0 Å². The molecule has 0 N–H and O–H groups in total. The third-order valence-corrected chi connectivity index (χ3v) is 2.82. The third-order valence-electron chi connectivity index (χ3n) is 2.82. The van der Waals surface area contributed by atoms with Gasteiger partial charge < -0.3 is 14.4 Å². The molecule has 1 aliphatic heterocycles. The molecule has 1 rings (SSSR count). The zero-order valence-electron chi connectivity index (χ0n) is 13.4. The molecule has 0 aliphatic carbocycles. The van der Waals surface area contributed by atoms with Crippen molar-refractivity contribution in [1.29, 1.82) is 0 Å². The fourth-order valence-electron chi connectivity index (χ4n) is 2.32. The summed E-state index contributed by atoms with van der Waals surface area (Å²) in [6.45, 7) is 15.5. The van der Waals surface area contributed by atoms with Crippen molar-refractivity contribution in [3.05, 3.63) is 0 Å². The highest BCUT2D eigenvalue weighted by Gasteiger charge is 2.33. The molecule has 0 aromatic heterocycles. The van der Waals surface area contributed by atoms with E-state index in [0.717, 1.165) is 6.42 Å². The lowest BCUT2D eigenvalue weighted by atomic mass is 9.88. The lowest BCUT2D eigenvalue weighted by Crippen LogP contribution is -2.51. The van der Waals surface area contributed by atoms with Crippen LogP contribution in [0.25, 0.3) is 0 Å². The SMILES string of the molecule is C[C@H]1CN(C(=O)OC(C)(C)C)C[C@@H](CC(C)(C)C)O1. The van der Waals surface area contributed by atoms with Crippen LogP contribution >= 0.6 is 0 Å². The van der Waals surface area contributed by atoms with Gasteiger partial charge in [0, 0.05) is 0 Å². The Kier molecular flexibility index (Phi) is 4.88. The molecule has 1 amide bonds. The van der Waals surface area contributed by atoms with Gasteiger partial charge in [-0.1, -0.05) is 20.8 Å². The number of ether oxygens (including phenoxy) is 2. The van der Waals surface area contributed by atoms with Crippen LogP contribution in [-0.2, 0) is 9.47 Å². The summed E-state index contributed by atoms with van der Waals surface area (Å²) in [6.07, 6.45) is 0.864. The Morgan fingerprint density at radius 1 is 1.21 bits per heavy atom. The van der Waals surface area contributed by atoms with Crippen molar-refractivity contribution in [2.75, 3.05) is 13.1 Å². The van der Waals surface area contributed by atoms with Gasteiger partial charge >= 0.3 is 6.09 Å². The molecule has 19 heavy (non-hydrogen) atoms. The van der Waals surface area contributed by atoms with E-state index in [-0.39, 0.29) is 23.7 Å². The first kappa shape index (κ1) is 16.3. The second-order valence-electron chi connectivity index (χ2n) is 7.72. The summed E-state index contributed by atoms with van der Waals surface area (Å²) >= 11 is 0. The molecule has 4 heteroatoms. The van der Waals surface area contributed by atoms with E-state index in [0.29, 0.717) is 13.1 Å². The standard InChI is InChI=1S/C15H29NO3/c1-11-9-16(13(17)19-15(5,6)7)10-12(18-11)8-14(2,3)4/h11-12H,8-10H2,1-7H3/t11-,12+/m0/s1. The van der Waals surface area contributed by atoms with Gasteiger partial charge in [0.15, 0.2) is 0 Å². The van der Waals surface area contributed by atoms with Gasteiger partial charge in [0.05, 0.1) is 25.3 Å². The van der Waals surface area contributed by atoms with E-state index in [2.05, 4.69) is 20.8 Å². The Bertz CT molecular complexity index is 314. The van der Waals surface area contributed by atoms with E-state index < -0.39 is 5.60 Å². The van der Waals surface area contributed by atoms with Crippen molar-refractivity contribution in [3.63, 3.8) is 0 Å². The van der Waals surface area contributed by atoms with Gasteiger partial charge in [-0.15, -0.1) is 0 Å². The van der Waals surface area contributed by atoms with Gasteiger partial charge in [-0.05, 0) is 39.5 Å². The molecule has 0 radical (unpaired) electrons. The van der Waals surface area contributed by atoms with Gasteiger partial charge in [-0.3, -0.25) is 0 Å². The molecule has 0 aromatic rings. The van der Waals surface area contributed by atoms with Crippen LogP contribution in [0.2, 0.25) is 0 Å². The van der Waals surface area contributed by atoms with Gasteiger partial charge in [-0.25, -0.2) is 4.79 Å². The third kappa shape index (κ3) is 6.28. The number of amides is 1. The zero-order valence-corrected chi connectivity index (χ0v) is 13.4. The molecule has 1 saturated heterocycles. The van der Waals surface area contributed by atoms with Crippen LogP contribution in [-0.4, -0.2) is 41.9 Å². The summed E-state index contributed by atoms with van der Waals surface area (Å²) < 4.78 is 11.4. The average Bonchev–Trinajstić information content (AvgIpc) is 2.10. The highest BCUT2D eigenvalue weighted by atomic mass is 16.6. The van der Waals surface area contributed by atoms with E-state index in [1.165, 1.54) is 0 Å². The first-order valence-electron chi connectivity index (χ1n) is 7.10. The molecule has 0 unspecified atom stereocenters. The van der Waals surface area contributed by atoms with Crippen LogP contribution in [0, 0.1) is 5.41 Å². The number of carbonyl (C=O) groups is 1. The van der Waals surface area contributed by atoms with Crippen molar-refractivity contribution in [3.8, 4) is 0 Å². The molecule has 0 saturated carbocycles. The Hall–Kier alpha value is -0.770. The molecule has 2 atom stereocenters. The lowest BCUT2D eigenvalue weighted by Gasteiger charge is -2.39. The molecule has 1 heterocycles. The van der Waals surface area contributed by atoms with Gasteiger partial charge in [0.1, 0.15) is 5.60 Å². The van der Waals surface area contributed by atoms with Crippen molar-refractivity contribution < 1.29 is 14.3 Å². The minimum Gasteiger partial charge on any atom is -0.444 e. The van der Waals surface area contributed by atoms with E-state index in [4.69, 9.17) is 9.47 Å². The first-order valence-corrected chi connectivity index (χ1v) is 7.10. The Morgan fingerprint density at radius 3 is 2.26 bits per heavy atom. The number of carbonyl (C=O) groups excluding carboxylic acids is 1. The highest BCUT2D eigenvalue weighted by molar-refractivity contribution is 5.68. The molecule has 112 valence electrons. The van der Waals surface area contributed by atoms with Crippen LogP contribution in [0.1, 0.15) is 54.9 Å². The predicted octanol–water partition coefficient (Wildman–Crippen LogP) is 3.45. The second-order valence-corrected chi connectivity index (χ2v) is 7.72. The first-order chi connectivity index (χ1) is 8.46. The quantitative estimate of drug-likeness (QED) is 0.733. The van der Waals surface area contributed by atoms with E-state index in [1.54, 1.807) is 4.90 Å². The highest BCUT2D eigenvalue weighted by Crippen LogP contribution is 2.26. The van der Waals surface area contributed by atoms with Crippen LogP contribution in [0.5, 0.6) is 0 Å². The summed E-state index contributed by atoms with van der Waals surface area (Å²) in [6, 6.07) is 0. The Labute approximate surface area is 117 Å². The Morgan fingerprint density at radius 2 is 1.79 bits per heavy atom. The van der Waals surface area contributed by atoms with Crippen molar-refractivity contribution in [2.45, 2.75) is 72.7 Å². The molecule has 1 aliphatic rings. The van der Waals surface area contributed by atoms with Crippen LogP contribution < -0.4 is 0 Å². The minimum absolute atomic E-state index is 0.0635. The predicted molar refractivity (Wildman–Crippen MR) is 76.2 cm³/mol. The van der Waals surface area contributed by atoms with Gasteiger partial charge in [-0.2, -0.15) is 0 Å². The average molecular weight is 271 g/mol. The minimum atomic E-state index is -0.446. The van der Waals surface area contributed by atoms with E-state index >= 15 is 0 Å². The number of nitrogens with zero attached hydrogens (tertiary/aromatic N) is 1. The molecular formula is C15H29NO3. The smallest absolute Gasteiger partial charge is 0.410 e. The van der Waals surface area contributed by atoms with Crippen LogP contribution in [0.3, 0.4) is 0 Å². The molecular weight excluding hydrogens is 242 g/mol. The van der Waals surface area contributed by atoms with Crippen molar-refractivity contribution >= 4 is 6.09 Å². The fraction of sp³-hybridized carbons (Fsp3) is 0.933. The summed E-state index contributed by atoms with van der Waals surface area (Å²) in [5, 5.41) is 0. The van der Waals surface area contributed by atoms with E-state index in [9.17, 15) is 4.79 Å². The normalized spacial score (nSPS) is 25.3. The monoisotopic (exact) mass is 271 g/mol. The van der Waals surface area contributed by atoms with Gasteiger partial charge in [0.2, 0.25) is 0 Å². The molecule has 1 fully saturated rings. The van der Waals surface area contributed by atoms with E-state index in [1.807, 2.05) is 27.7 Å². The largest absolute Gasteiger partial charge is 0.444 e. The van der Waals surface area contributed by atoms with Crippen molar-refractivity contribution in [2.24, 2.45) is 5.41 Å². The molecule has 0 aromatic carbocycles. The number of hydrogen-bond acceptors (Lipinski definition) is 3.